The van der Waals surface area contributed by atoms with E-state index in [4.69, 9.17) is 32.4 Å². The van der Waals surface area contributed by atoms with Gasteiger partial charge in [-0.3, -0.25) is 4.90 Å². The van der Waals surface area contributed by atoms with E-state index in [1.165, 1.54) is 17.8 Å². The van der Waals surface area contributed by atoms with Crippen molar-refractivity contribution in [2.75, 3.05) is 52.1 Å². The van der Waals surface area contributed by atoms with Crippen LogP contribution in [0.25, 0.3) is 10.2 Å². The van der Waals surface area contributed by atoms with Crippen LogP contribution >= 0.6 is 23.6 Å². The molecule has 8 heteroatoms. The molecule has 3 rings (SSSR count). The van der Waals surface area contributed by atoms with E-state index in [1.54, 1.807) is 0 Å². The number of likely N-dealkylation sites (N-methyl/N-ethyl adjacent to an activating group) is 1. The van der Waals surface area contributed by atoms with Gasteiger partial charge in [-0.1, -0.05) is 0 Å². The number of nitrogens with zero attached hydrogens (tertiary/aromatic N) is 3. The van der Waals surface area contributed by atoms with Crippen LogP contribution in [0.1, 0.15) is 43.3 Å². The maximum absolute atomic E-state index is 6.49. The van der Waals surface area contributed by atoms with Crippen molar-refractivity contribution in [2.45, 2.75) is 46.6 Å². The van der Waals surface area contributed by atoms with Crippen molar-refractivity contribution in [3.8, 4) is 5.75 Å². The van der Waals surface area contributed by atoms with Gasteiger partial charge in [-0.05, 0) is 73.4 Å². The van der Waals surface area contributed by atoms with E-state index in [0.717, 1.165) is 64.8 Å². The fraction of sp³-hybridized carbons (Fsp3) is 0.636. The average Bonchev–Trinajstić information content (AvgIpc) is 2.82. The van der Waals surface area contributed by atoms with Gasteiger partial charge in [0, 0.05) is 30.6 Å². The molecule has 1 fully saturated rings. The first kappa shape index (κ1) is 23.2. The maximum atomic E-state index is 6.49. The Morgan fingerprint density at radius 1 is 1.20 bits per heavy atom. The van der Waals surface area contributed by atoms with E-state index in [2.05, 4.69) is 16.8 Å². The number of ether oxygens (including phenoxy) is 2. The van der Waals surface area contributed by atoms with E-state index in [1.807, 2.05) is 34.6 Å². The van der Waals surface area contributed by atoms with Gasteiger partial charge in [0.1, 0.15) is 27.7 Å². The van der Waals surface area contributed by atoms with E-state index < -0.39 is 0 Å². The molecule has 1 aliphatic heterocycles. The topological polar surface area (TPSA) is 63.9 Å². The number of aryl methyl sites for hydroxylation is 2. The van der Waals surface area contributed by atoms with Crippen molar-refractivity contribution in [3.05, 3.63) is 16.1 Å². The van der Waals surface area contributed by atoms with Crippen molar-refractivity contribution in [3.63, 3.8) is 0 Å². The number of rotatable bonds is 5. The maximum Gasteiger partial charge on any atom is 0.204 e. The first-order valence-electron chi connectivity index (χ1n) is 10.5. The molecule has 0 bridgehead atoms. The zero-order valence-electron chi connectivity index (χ0n) is 19.0. The van der Waals surface area contributed by atoms with Gasteiger partial charge in [0.2, 0.25) is 5.05 Å². The highest BCUT2D eigenvalue weighted by molar-refractivity contribution is 7.81. The lowest BCUT2D eigenvalue weighted by molar-refractivity contribution is 0.123. The number of thiocarbonyl (C=S) groups is 1. The third kappa shape index (κ3) is 5.41. The Hall–Kier alpha value is -1.48. The number of hydrogen-bond donors (Lipinski definition) is 1. The van der Waals surface area contributed by atoms with Gasteiger partial charge in [0.05, 0.1) is 11.4 Å². The summed E-state index contributed by atoms with van der Waals surface area (Å²) in [5.74, 6) is 0.827. The van der Waals surface area contributed by atoms with Crippen LogP contribution < -0.4 is 10.5 Å². The standard InChI is InChI=1S/C22H34N4O2S2/c1-14-16-17(23)19(21(29)28-22(3,4)5)30-20(16)24-15(2)18(14)27-13-12-26-9-7-8-25(6)10-11-26/h7-13,23H2,1-6H3. The number of nitrogen functional groups attached to an aromatic ring is 1. The van der Waals surface area contributed by atoms with Crippen LogP contribution in [0, 0.1) is 13.8 Å². The Morgan fingerprint density at radius 2 is 1.93 bits per heavy atom. The Kier molecular flexibility index (Phi) is 7.22. The van der Waals surface area contributed by atoms with Gasteiger partial charge in [-0.15, -0.1) is 11.3 Å². The van der Waals surface area contributed by atoms with E-state index in [9.17, 15) is 0 Å². The number of nitrogens with two attached hydrogens (primary N) is 1. The SMILES string of the molecule is Cc1nc2sc(C(=S)OC(C)(C)C)c(N)c2c(C)c1OCCN1CCCN(C)CC1. The zero-order chi connectivity index (χ0) is 22.1. The van der Waals surface area contributed by atoms with Gasteiger partial charge in [0.25, 0.3) is 0 Å². The molecule has 0 amide bonds. The highest BCUT2D eigenvalue weighted by Gasteiger charge is 2.23. The predicted octanol–water partition coefficient (Wildman–Crippen LogP) is 4.00. The quantitative estimate of drug-likeness (QED) is 0.691. The summed E-state index contributed by atoms with van der Waals surface area (Å²) < 4.78 is 12.1. The molecule has 2 aromatic rings. The molecule has 0 unspecified atom stereocenters. The highest BCUT2D eigenvalue weighted by Crippen LogP contribution is 2.40. The van der Waals surface area contributed by atoms with Gasteiger partial charge < -0.3 is 20.1 Å². The molecule has 0 atom stereocenters. The number of fused-ring (bicyclic) bond motifs is 1. The first-order chi connectivity index (χ1) is 14.1. The van der Waals surface area contributed by atoms with Crippen molar-refractivity contribution in [1.29, 1.82) is 0 Å². The molecule has 0 aliphatic carbocycles. The van der Waals surface area contributed by atoms with Crippen molar-refractivity contribution >= 4 is 44.5 Å². The van der Waals surface area contributed by atoms with Crippen LogP contribution in [0.15, 0.2) is 0 Å². The van der Waals surface area contributed by atoms with Crippen molar-refractivity contribution < 1.29 is 9.47 Å². The largest absolute Gasteiger partial charge is 0.490 e. The lowest BCUT2D eigenvalue weighted by Gasteiger charge is -2.21. The molecule has 6 nitrogen and oxygen atoms in total. The fourth-order valence-corrected chi connectivity index (χ4v) is 5.31. The number of aromatic nitrogens is 1. The molecule has 0 radical (unpaired) electrons. The molecule has 1 saturated heterocycles. The van der Waals surface area contributed by atoms with Crippen LogP contribution in [0.4, 0.5) is 5.69 Å². The normalized spacial score (nSPS) is 16.6. The Balaban J connectivity index is 1.77. The molecule has 1 aliphatic rings. The third-order valence-electron chi connectivity index (χ3n) is 5.29. The molecular formula is C22H34N4O2S2. The van der Waals surface area contributed by atoms with Crippen LogP contribution in [0.2, 0.25) is 0 Å². The van der Waals surface area contributed by atoms with E-state index >= 15 is 0 Å². The van der Waals surface area contributed by atoms with Crippen LogP contribution in [-0.4, -0.2) is 71.8 Å². The fourth-order valence-electron chi connectivity index (χ4n) is 3.75. The average molecular weight is 451 g/mol. The lowest BCUT2D eigenvalue weighted by atomic mass is 10.1. The second-order valence-electron chi connectivity index (χ2n) is 9.03. The van der Waals surface area contributed by atoms with Gasteiger partial charge in [-0.25, -0.2) is 4.98 Å². The summed E-state index contributed by atoms with van der Waals surface area (Å²) in [5.41, 5.74) is 8.66. The number of thiophene rings is 1. The first-order valence-corrected chi connectivity index (χ1v) is 11.8. The second-order valence-corrected chi connectivity index (χ2v) is 10.4. The summed E-state index contributed by atoms with van der Waals surface area (Å²) in [6.07, 6.45) is 1.20. The summed E-state index contributed by atoms with van der Waals surface area (Å²) in [6, 6.07) is 0. The smallest absolute Gasteiger partial charge is 0.204 e. The summed E-state index contributed by atoms with van der Waals surface area (Å²) in [5, 5.41) is 1.35. The Labute approximate surface area is 189 Å². The zero-order valence-corrected chi connectivity index (χ0v) is 20.6. The van der Waals surface area contributed by atoms with Gasteiger partial charge in [0.15, 0.2) is 0 Å². The second kappa shape index (κ2) is 9.34. The van der Waals surface area contributed by atoms with Crippen molar-refractivity contribution in [2.24, 2.45) is 0 Å². The predicted molar refractivity (Wildman–Crippen MR) is 130 cm³/mol. The molecule has 30 heavy (non-hydrogen) atoms. The Morgan fingerprint density at radius 3 is 2.63 bits per heavy atom. The number of pyridine rings is 1. The van der Waals surface area contributed by atoms with Crippen LogP contribution in [0.5, 0.6) is 5.75 Å². The molecule has 3 heterocycles. The van der Waals surface area contributed by atoms with Gasteiger partial charge >= 0.3 is 0 Å². The minimum Gasteiger partial charge on any atom is -0.490 e. The lowest BCUT2D eigenvalue weighted by Crippen LogP contribution is -2.32. The molecule has 0 spiro atoms. The third-order valence-corrected chi connectivity index (χ3v) is 6.81. The monoisotopic (exact) mass is 450 g/mol. The van der Waals surface area contributed by atoms with Crippen LogP contribution in [0.3, 0.4) is 0 Å². The number of hydrogen-bond acceptors (Lipinski definition) is 8. The highest BCUT2D eigenvalue weighted by atomic mass is 32.1. The molecule has 0 aromatic carbocycles. The minimum absolute atomic E-state index is 0.367. The molecule has 2 N–H and O–H groups in total. The van der Waals surface area contributed by atoms with Gasteiger partial charge in [-0.2, -0.15) is 0 Å². The summed E-state index contributed by atoms with van der Waals surface area (Å²) >= 11 is 7.00. The summed E-state index contributed by atoms with van der Waals surface area (Å²) in [4.78, 5) is 11.3. The number of anilines is 1. The summed E-state index contributed by atoms with van der Waals surface area (Å²) in [6.45, 7) is 16.0. The van der Waals surface area contributed by atoms with Crippen molar-refractivity contribution in [1.82, 2.24) is 14.8 Å². The molecule has 2 aromatic heterocycles. The Bertz CT molecular complexity index is 920. The molecule has 166 valence electrons. The van der Waals surface area contributed by atoms with E-state index in [-0.39, 0.29) is 5.60 Å². The molecule has 0 saturated carbocycles. The molecular weight excluding hydrogens is 416 g/mol. The summed E-state index contributed by atoms with van der Waals surface area (Å²) in [7, 11) is 2.19. The van der Waals surface area contributed by atoms with Crippen LogP contribution in [-0.2, 0) is 4.74 Å². The van der Waals surface area contributed by atoms with E-state index in [0.29, 0.717) is 17.3 Å². The minimum atomic E-state index is -0.367.